The maximum atomic E-state index is 12.5. The van der Waals surface area contributed by atoms with Crippen molar-refractivity contribution >= 4 is 23.6 Å². The van der Waals surface area contributed by atoms with Crippen LogP contribution in [0.25, 0.3) is 0 Å². The average molecular weight is 396 g/mol. The zero-order valence-corrected chi connectivity index (χ0v) is 17.0. The molecular formula is C18H29N5O3S. The molecule has 1 fully saturated rings. The number of aromatic nitrogens is 3. The van der Waals surface area contributed by atoms with E-state index in [1.165, 1.54) is 11.8 Å². The summed E-state index contributed by atoms with van der Waals surface area (Å²) in [6.45, 7) is 10.3. The number of thioether (sulfide) groups is 1. The Labute approximate surface area is 164 Å². The third-order valence-corrected chi connectivity index (χ3v) is 5.27. The Morgan fingerprint density at radius 2 is 2.22 bits per heavy atom. The monoisotopic (exact) mass is 395 g/mol. The first-order valence-electron chi connectivity index (χ1n) is 9.27. The van der Waals surface area contributed by atoms with Crippen molar-refractivity contribution in [1.82, 2.24) is 19.7 Å². The smallest absolute Gasteiger partial charge is 0.233 e. The van der Waals surface area contributed by atoms with Crippen LogP contribution in [0.2, 0.25) is 0 Å². The molecular weight excluding hydrogens is 366 g/mol. The number of rotatable bonds is 11. The van der Waals surface area contributed by atoms with Crippen molar-refractivity contribution in [3.8, 4) is 0 Å². The summed E-state index contributed by atoms with van der Waals surface area (Å²) >= 11 is 1.36. The third kappa shape index (κ3) is 6.66. The number of amides is 2. The summed E-state index contributed by atoms with van der Waals surface area (Å²) in [5, 5.41) is 9.12. The number of nitrogens with zero attached hydrogens (tertiary/aromatic N) is 4. The minimum Gasteiger partial charge on any atom is -0.376 e. The van der Waals surface area contributed by atoms with Gasteiger partial charge >= 0.3 is 0 Å². The fourth-order valence-corrected chi connectivity index (χ4v) is 3.81. The highest BCUT2D eigenvalue weighted by molar-refractivity contribution is 7.99. The second-order valence-electron chi connectivity index (χ2n) is 6.76. The number of likely N-dealkylation sites (N-methyl/N-ethyl adjacent to an activating group) is 1. The van der Waals surface area contributed by atoms with E-state index in [1.54, 1.807) is 4.90 Å². The highest BCUT2D eigenvalue weighted by atomic mass is 32.2. The number of hydrogen-bond donors (Lipinski definition) is 1. The highest BCUT2D eigenvalue weighted by Crippen LogP contribution is 2.22. The molecule has 0 aliphatic carbocycles. The maximum absolute atomic E-state index is 12.5. The van der Waals surface area contributed by atoms with Crippen LogP contribution in [0.4, 0.5) is 0 Å². The van der Waals surface area contributed by atoms with Crippen LogP contribution in [-0.4, -0.2) is 63.0 Å². The highest BCUT2D eigenvalue weighted by Gasteiger charge is 2.22. The van der Waals surface area contributed by atoms with Gasteiger partial charge in [-0.25, -0.2) is 0 Å². The van der Waals surface area contributed by atoms with E-state index in [0.29, 0.717) is 37.0 Å². The summed E-state index contributed by atoms with van der Waals surface area (Å²) in [5.41, 5.74) is 6.21. The number of ether oxygens (including phenoxy) is 1. The summed E-state index contributed by atoms with van der Waals surface area (Å²) in [6, 6.07) is 0. The van der Waals surface area contributed by atoms with Gasteiger partial charge in [0.05, 0.1) is 18.4 Å². The SMILES string of the molecule is C=C(C)CN(CC)C(=O)CSc1nnc(CCC(N)=O)n1CC1CCCO1. The molecule has 8 nitrogen and oxygen atoms in total. The van der Waals surface area contributed by atoms with E-state index < -0.39 is 0 Å². The van der Waals surface area contributed by atoms with Crippen LogP contribution in [0.3, 0.4) is 0 Å². The summed E-state index contributed by atoms with van der Waals surface area (Å²) in [5.74, 6) is 0.648. The predicted octanol–water partition coefficient (Wildman–Crippen LogP) is 1.39. The van der Waals surface area contributed by atoms with Crippen LogP contribution >= 0.6 is 11.8 Å². The minimum atomic E-state index is -0.371. The lowest BCUT2D eigenvalue weighted by molar-refractivity contribution is -0.127. The van der Waals surface area contributed by atoms with Gasteiger partial charge in [-0.05, 0) is 26.7 Å². The molecule has 0 spiro atoms. The average Bonchev–Trinajstić information content (AvgIpc) is 3.26. The molecule has 27 heavy (non-hydrogen) atoms. The van der Waals surface area contributed by atoms with Crippen molar-refractivity contribution in [3.05, 3.63) is 18.0 Å². The van der Waals surface area contributed by atoms with Gasteiger partial charge in [-0.3, -0.25) is 9.59 Å². The molecule has 0 bridgehead atoms. The second kappa shape index (κ2) is 10.5. The van der Waals surface area contributed by atoms with Crippen LogP contribution in [0.5, 0.6) is 0 Å². The molecule has 2 amide bonds. The molecule has 150 valence electrons. The van der Waals surface area contributed by atoms with E-state index in [4.69, 9.17) is 10.5 Å². The lowest BCUT2D eigenvalue weighted by Crippen LogP contribution is -2.33. The van der Waals surface area contributed by atoms with Gasteiger partial charge in [0, 0.05) is 32.5 Å². The lowest BCUT2D eigenvalue weighted by atomic mass is 10.2. The molecule has 2 heterocycles. The van der Waals surface area contributed by atoms with E-state index in [9.17, 15) is 9.59 Å². The predicted molar refractivity (Wildman–Crippen MR) is 104 cm³/mol. The van der Waals surface area contributed by atoms with Gasteiger partial charge in [0.25, 0.3) is 0 Å². The van der Waals surface area contributed by atoms with Crippen molar-refractivity contribution in [3.63, 3.8) is 0 Å². The van der Waals surface area contributed by atoms with Gasteiger partial charge in [0.2, 0.25) is 11.8 Å². The first-order valence-corrected chi connectivity index (χ1v) is 10.3. The van der Waals surface area contributed by atoms with Gasteiger partial charge in [-0.1, -0.05) is 23.9 Å². The Morgan fingerprint density at radius 3 is 2.81 bits per heavy atom. The molecule has 0 radical (unpaired) electrons. The molecule has 1 unspecified atom stereocenters. The first kappa shape index (κ1) is 21.4. The summed E-state index contributed by atoms with van der Waals surface area (Å²) in [7, 11) is 0. The molecule has 0 saturated carbocycles. The molecule has 0 aromatic carbocycles. The summed E-state index contributed by atoms with van der Waals surface area (Å²) in [6.07, 6.45) is 2.78. The van der Waals surface area contributed by atoms with Crippen molar-refractivity contribution < 1.29 is 14.3 Å². The summed E-state index contributed by atoms with van der Waals surface area (Å²) in [4.78, 5) is 25.4. The Kier molecular flexibility index (Phi) is 8.30. The van der Waals surface area contributed by atoms with Crippen LogP contribution < -0.4 is 5.73 Å². The maximum Gasteiger partial charge on any atom is 0.233 e. The van der Waals surface area contributed by atoms with Gasteiger partial charge in [0.1, 0.15) is 5.82 Å². The number of nitrogens with two attached hydrogens (primary N) is 1. The molecule has 1 aliphatic heterocycles. The molecule has 2 N–H and O–H groups in total. The molecule has 1 saturated heterocycles. The molecule has 1 aromatic rings. The standard InChI is InChI=1S/C18H29N5O3S/c1-4-22(10-13(2)3)17(25)12-27-18-21-20-16(8-7-15(19)24)23(18)11-14-6-5-9-26-14/h14H,2,4-12H2,1,3H3,(H2,19,24). The Hall–Kier alpha value is -1.87. The van der Waals surface area contributed by atoms with Gasteiger partial charge in [-0.2, -0.15) is 0 Å². The number of primary amides is 1. The fourth-order valence-electron chi connectivity index (χ4n) is 2.94. The van der Waals surface area contributed by atoms with E-state index in [-0.39, 0.29) is 30.1 Å². The van der Waals surface area contributed by atoms with E-state index >= 15 is 0 Å². The molecule has 1 aliphatic rings. The number of aryl methyl sites for hydroxylation is 1. The van der Waals surface area contributed by atoms with Crippen molar-refractivity contribution in [2.45, 2.75) is 57.3 Å². The van der Waals surface area contributed by atoms with Crippen molar-refractivity contribution in [1.29, 1.82) is 0 Å². The number of hydrogen-bond acceptors (Lipinski definition) is 6. The Bertz CT molecular complexity index is 670. The summed E-state index contributed by atoms with van der Waals surface area (Å²) < 4.78 is 7.69. The van der Waals surface area contributed by atoms with Crippen LogP contribution in [0, 0.1) is 0 Å². The van der Waals surface area contributed by atoms with E-state index in [1.807, 2.05) is 18.4 Å². The Morgan fingerprint density at radius 1 is 1.44 bits per heavy atom. The normalized spacial score (nSPS) is 16.4. The topological polar surface area (TPSA) is 103 Å². The zero-order chi connectivity index (χ0) is 19.8. The van der Waals surface area contributed by atoms with Gasteiger partial charge in [-0.15, -0.1) is 10.2 Å². The second-order valence-corrected chi connectivity index (χ2v) is 7.71. The number of carbonyl (C=O) groups is 2. The van der Waals surface area contributed by atoms with Crippen LogP contribution in [0.1, 0.15) is 38.9 Å². The largest absolute Gasteiger partial charge is 0.376 e. The van der Waals surface area contributed by atoms with E-state index in [2.05, 4.69) is 16.8 Å². The van der Waals surface area contributed by atoms with Gasteiger partial charge in [0.15, 0.2) is 5.16 Å². The van der Waals surface area contributed by atoms with Gasteiger partial charge < -0.3 is 19.9 Å². The van der Waals surface area contributed by atoms with Crippen molar-refractivity contribution in [2.75, 3.05) is 25.4 Å². The van der Waals surface area contributed by atoms with Crippen LogP contribution in [0.15, 0.2) is 17.3 Å². The Balaban J connectivity index is 2.06. The fraction of sp³-hybridized carbons (Fsp3) is 0.667. The molecule has 2 rings (SSSR count). The van der Waals surface area contributed by atoms with E-state index in [0.717, 1.165) is 25.0 Å². The third-order valence-electron chi connectivity index (χ3n) is 4.32. The van der Waals surface area contributed by atoms with Crippen LogP contribution in [-0.2, 0) is 27.3 Å². The minimum absolute atomic E-state index is 0.0378. The lowest BCUT2D eigenvalue weighted by Gasteiger charge is -2.21. The quantitative estimate of drug-likeness (QED) is 0.449. The number of carbonyl (C=O) groups excluding carboxylic acids is 2. The zero-order valence-electron chi connectivity index (χ0n) is 16.1. The molecule has 1 atom stereocenters. The molecule has 9 heteroatoms. The van der Waals surface area contributed by atoms with Crippen molar-refractivity contribution in [2.24, 2.45) is 5.73 Å². The first-order chi connectivity index (χ1) is 12.9. The molecule has 1 aromatic heterocycles.